The molecule has 1 amide bonds. The summed E-state index contributed by atoms with van der Waals surface area (Å²) in [4.78, 5) is 11.6. The monoisotopic (exact) mass is 232 g/mol. The van der Waals surface area contributed by atoms with Gasteiger partial charge in [0.1, 0.15) is 0 Å². The van der Waals surface area contributed by atoms with Crippen molar-refractivity contribution >= 4 is 17.7 Å². The summed E-state index contributed by atoms with van der Waals surface area (Å²) in [6.07, 6.45) is 3.75. The first-order valence-electron chi connectivity index (χ1n) is 5.31. The predicted molar refractivity (Wildman–Crippen MR) is 62.9 cm³/mol. The fourth-order valence-electron chi connectivity index (χ4n) is 1.59. The molecule has 0 bridgehead atoms. The van der Waals surface area contributed by atoms with Crippen LogP contribution in [0.5, 0.6) is 0 Å². The van der Waals surface area contributed by atoms with Gasteiger partial charge in [0.25, 0.3) is 0 Å². The maximum atomic E-state index is 11.6. The Labute approximate surface area is 95.3 Å². The Morgan fingerprint density at radius 1 is 1.73 bits per heavy atom. The van der Waals surface area contributed by atoms with E-state index in [-0.39, 0.29) is 24.1 Å². The highest BCUT2D eigenvalue weighted by atomic mass is 32.2. The number of amides is 1. The standard InChI is InChI=1S/C10H20N2O2S/c1-7-9(3-5-14-7)12-10(13)8(11)4-6-15-2/h7-9H,3-6,11H2,1-2H3,(H,12,13)/t7?,8-,9?/m0/s1. The first kappa shape index (κ1) is 12.8. The Balaban J connectivity index is 2.27. The minimum atomic E-state index is -0.384. The van der Waals surface area contributed by atoms with Gasteiger partial charge in [-0.2, -0.15) is 11.8 Å². The predicted octanol–water partition coefficient (Wildman–Crippen LogP) is 0.360. The third-order valence-electron chi connectivity index (χ3n) is 2.67. The SMILES string of the molecule is CSCC[C@H](N)C(=O)NC1CCOC1C. The Hall–Kier alpha value is -0.260. The molecule has 3 atom stereocenters. The molecule has 0 aromatic rings. The van der Waals surface area contributed by atoms with E-state index in [4.69, 9.17) is 10.5 Å². The van der Waals surface area contributed by atoms with Crippen molar-refractivity contribution in [1.29, 1.82) is 0 Å². The molecule has 1 rings (SSSR count). The van der Waals surface area contributed by atoms with Gasteiger partial charge >= 0.3 is 0 Å². The molecule has 15 heavy (non-hydrogen) atoms. The summed E-state index contributed by atoms with van der Waals surface area (Å²) in [6.45, 7) is 2.71. The van der Waals surface area contributed by atoms with E-state index in [1.807, 2.05) is 13.2 Å². The van der Waals surface area contributed by atoms with E-state index >= 15 is 0 Å². The van der Waals surface area contributed by atoms with E-state index in [1.165, 1.54) is 0 Å². The van der Waals surface area contributed by atoms with Gasteiger partial charge in [-0.1, -0.05) is 0 Å². The maximum absolute atomic E-state index is 11.6. The summed E-state index contributed by atoms with van der Waals surface area (Å²) < 4.78 is 5.37. The molecule has 88 valence electrons. The number of hydrogen-bond donors (Lipinski definition) is 2. The first-order valence-corrected chi connectivity index (χ1v) is 6.71. The van der Waals surface area contributed by atoms with Gasteiger partial charge in [-0.3, -0.25) is 4.79 Å². The molecule has 1 heterocycles. The van der Waals surface area contributed by atoms with Crippen molar-refractivity contribution in [3.8, 4) is 0 Å². The lowest BCUT2D eigenvalue weighted by atomic mass is 10.1. The Bertz CT molecular complexity index is 214. The molecule has 0 saturated carbocycles. The zero-order chi connectivity index (χ0) is 11.3. The molecule has 1 saturated heterocycles. The summed E-state index contributed by atoms with van der Waals surface area (Å²) in [5.41, 5.74) is 5.76. The highest BCUT2D eigenvalue weighted by Crippen LogP contribution is 2.12. The minimum Gasteiger partial charge on any atom is -0.376 e. The Kier molecular flexibility index (Phi) is 5.42. The molecule has 0 aliphatic carbocycles. The van der Waals surface area contributed by atoms with Gasteiger partial charge in [0.2, 0.25) is 5.91 Å². The van der Waals surface area contributed by atoms with Gasteiger partial charge < -0.3 is 15.8 Å². The van der Waals surface area contributed by atoms with E-state index in [2.05, 4.69) is 5.32 Å². The molecule has 0 spiro atoms. The average Bonchev–Trinajstić information content (AvgIpc) is 2.61. The molecule has 2 unspecified atom stereocenters. The van der Waals surface area contributed by atoms with Gasteiger partial charge in [0.15, 0.2) is 0 Å². The minimum absolute atomic E-state index is 0.0496. The summed E-state index contributed by atoms with van der Waals surface area (Å²) in [7, 11) is 0. The molecular formula is C10H20N2O2S. The lowest BCUT2D eigenvalue weighted by molar-refractivity contribution is -0.123. The summed E-state index contributed by atoms with van der Waals surface area (Å²) in [5, 5.41) is 2.94. The lowest BCUT2D eigenvalue weighted by Gasteiger charge is -2.18. The molecule has 4 nitrogen and oxygen atoms in total. The molecule has 1 aliphatic rings. The average molecular weight is 232 g/mol. The number of ether oxygens (including phenoxy) is 1. The van der Waals surface area contributed by atoms with Gasteiger partial charge in [-0.05, 0) is 31.8 Å². The third kappa shape index (κ3) is 4.01. The van der Waals surface area contributed by atoms with Crippen LogP contribution in [0.1, 0.15) is 19.8 Å². The van der Waals surface area contributed by atoms with Crippen LogP contribution in [-0.4, -0.2) is 42.7 Å². The zero-order valence-corrected chi connectivity index (χ0v) is 10.2. The quantitative estimate of drug-likeness (QED) is 0.718. The number of thioether (sulfide) groups is 1. The van der Waals surface area contributed by atoms with Gasteiger partial charge in [-0.25, -0.2) is 0 Å². The zero-order valence-electron chi connectivity index (χ0n) is 9.36. The Morgan fingerprint density at radius 3 is 3.00 bits per heavy atom. The van der Waals surface area contributed by atoms with Crippen molar-refractivity contribution in [1.82, 2.24) is 5.32 Å². The second kappa shape index (κ2) is 6.35. The fraction of sp³-hybridized carbons (Fsp3) is 0.900. The molecule has 0 aromatic carbocycles. The van der Waals surface area contributed by atoms with Crippen molar-refractivity contribution in [2.24, 2.45) is 5.73 Å². The molecule has 1 aliphatic heterocycles. The van der Waals surface area contributed by atoms with Crippen molar-refractivity contribution < 1.29 is 9.53 Å². The van der Waals surface area contributed by atoms with Crippen molar-refractivity contribution in [3.05, 3.63) is 0 Å². The van der Waals surface area contributed by atoms with Crippen LogP contribution in [0.15, 0.2) is 0 Å². The van der Waals surface area contributed by atoms with Gasteiger partial charge in [0, 0.05) is 6.61 Å². The number of carbonyl (C=O) groups is 1. The van der Waals surface area contributed by atoms with E-state index in [0.29, 0.717) is 0 Å². The van der Waals surface area contributed by atoms with Crippen LogP contribution in [-0.2, 0) is 9.53 Å². The largest absolute Gasteiger partial charge is 0.376 e. The van der Waals surface area contributed by atoms with Crippen molar-refractivity contribution in [2.75, 3.05) is 18.6 Å². The van der Waals surface area contributed by atoms with Crippen molar-refractivity contribution in [2.45, 2.75) is 38.0 Å². The summed E-state index contributed by atoms with van der Waals surface area (Å²) >= 11 is 1.71. The smallest absolute Gasteiger partial charge is 0.237 e. The molecule has 1 fully saturated rings. The number of nitrogens with one attached hydrogen (secondary N) is 1. The number of rotatable bonds is 5. The van der Waals surface area contributed by atoms with Crippen molar-refractivity contribution in [3.63, 3.8) is 0 Å². The fourth-order valence-corrected chi connectivity index (χ4v) is 2.08. The highest BCUT2D eigenvalue weighted by molar-refractivity contribution is 7.98. The molecule has 3 N–H and O–H groups in total. The van der Waals surface area contributed by atoms with Crippen LogP contribution in [0.4, 0.5) is 0 Å². The van der Waals surface area contributed by atoms with Gasteiger partial charge in [0.05, 0.1) is 18.2 Å². The van der Waals surface area contributed by atoms with Gasteiger partial charge in [-0.15, -0.1) is 0 Å². The highest BCUT2D eigenvalue weighted by Gasteiger charge is 2.27. The van der Waals surface area contributed by atoms with Crippen LogP contribution in [0.25, 0.3) is 0 Å². The first-order chi connectivity index (χ1) is 7.15. The third-order valence-corrected chi connectivity index (χ3v) is 3.32. The second-order valence-electron chi connectivity index (χ2n) is 3.87. The van der Waals surface area contributed by atoms with E-state index in [0.717, 1.165) is 25.2 Å². The molecular weight excluding hydrogens is 212 g/mol. The second-order valence-corrected chi connectivity index (χ2v) is 4.85. The summed E-state index contributed by atoms with van der Waals surface area (Å²) in [6, 6.07) is -0.247. The molecule has 0 aromatic heterocycles. The topological polar surface area (TPSA) is 64.4 Å². The molecule has 0 radical (unpaired) electrons. The maximum Gasteiger partial charge on any atom is 0.237 e. The van der Waals surface area contributed by atoms with Crippen LogP contribution < -0.4 is 11.1 Å². The van der Waals surface area contributed by atoms with Crippen LogP contribution in [0, 0.1) is 0 Å². The molecule has 5 heteroatoms. The van der Waals surface area contributed by atoms with Crippen LogP contribution in [0.2, 0.25) is 0 Å². The number of hydrogen-bond acceptors (Lipinski definition) is 4. The van der Waals surface area contributed by atoms with Crippen LogP contribution >= 0.6 is 11.8 Å². The lowest BCUT2D eigenvalue weighted by Crippen LogP contribution is -2.47. The number of carbonyl (C=O) groups excluding carboxylic acids is 1. The normalized spacial score (nSPS) is 27.7. The number of nitrogens with two attached hydrogens (primary N) is 1. The summed E-state index contributed by atoms with van der Waals surface area (Å²) in [5.74, 6) is 0.872. The Morgan fingerprint density at radius 2 is 2.47 bits per heavy atom. The van der Waals surface area contributed by atoms with E-state index < -0.39 is 0 Å². The van der Waals surface area contributed by atoms with E-state index in [1.54, 1.807) is 11.8 Å². The van der Waals surface area contributed by atoms with E-state index in [9.17, 15) is 4.79 Å². The van der Waals surface area contributed by atoms with Crippen LogP contribution in [0.3, 0.4) is 0 Å².